The van der Waals surface area contributed by atoms with Crippen LogP contribution in [0.5, 0.6) is 5.75 Å². The molecule has 4 amide bonds. The number of hydrogen-bond acceptors (Lipinski definition) is 10. The summed E-state index contributed by atoms with van der Waals surface area (Å²) in [6.07, 6.45) is 5.21. The maximum absolute atomic E-state index is 16.0. The Kier molecular flexibility index (Phi) is 9.93. The Labute approximate surface area is 338 Å². The van der Waals surface area contributed by atoms with Crippen LogP contribution in [0.3, 0.4) is 0 Å². The number of nitrogens with one attached hydrogen (secondary N) is 2. The van der Waals surface area contributed by atoms with Crippen molar-refractivity contribution in [1.29, 1.82) is 0 Å². The van der Waals surface area contributed by atoms with Crippen molar-refractivity contribution in [2.45, 2.75) is 64.4 Å². The monoisotopic (exact) mass is 806 g/mol. The van der Waals surface area contributed by atoms with E-state index >= 15 is 4.39 Å². The van der Waals surface area contributed by atoms with Gasteiger partial charge < -0.3 is 24.8 Å². The molecule has 2 aromatic carbocycles. The van der Waals surface area contributed by atoms with Crippen molar-refractivity contribution >= 4 is 51.7 Å². The summed E-state index contributed by atoms with van der Waals surface area (Å²) in [6, 6.07) is 10.1. The zero-order chi connectivity index (χ0) is 41.1. The van der Waals surface area contributed by atoms with Crippen molar-refractivity contribution in [2.24, 2.45) is 18.9 Å². The largest absolute Gasteiger partial charge is 0.489 e. The molecule has 59 heavy (non-hydrogen) atoms. The molecule has 0 bridgehead atoms. The fourth-order valence-corrected chi connectivity index (χ4v) is 9.18. The van der Waals surface area contributed by atoms with Crippen LogP contribution in [0.2, 0.25) is 0 Å². The molecular weight excluding hydrogens is 760 g/mol. The molecule has 2 atom stereocenters. The van der Waals surface area contributed by atoms with Crippen LogP contribution in [0.25, 0.3) is 16.7 Å². The van der Waals surface area contributed by atoms with Crippen molar-refractivity contribution in [3.8, 4) is 5.75 Å². The number of alkyl halides is 1. The number of aryl methyl sites for hydroxylation is 1. The van der Waals surface area contributed by atoms with Crippen LogP contribution in [0, 0.1) is 11.8 Å². The highest BCUT2D eigenvalue weighted by molar-refractivity contribution is 6.09. The number of rotatable bonds is 11. The minimum absolute atomic E-state index is 0.00872. The first-order valence-corrected chi connectivity index (χ1v) is 20.3. The molecule has 2 N–H and O–H groups in total. The second-order valence-electron chi connectivity index (χ2n) is 16.5. The number of fused-ring (bicyclic) bond motifs is 3. The smallest absolute Gasteiger partial charge is 0.329 e. The summed E-state index contributed by atoms with van der Waals surface area (Å²) < 4.78 is 26.7. The molecule has 9 rings (SSSR count). The Morgan fingerprint density at radius 3 is 2.63 bits per heavy atom. The average molecular weight is 807 g/mol. The van der Waals surface area contributed by atoms with Gasteiger partial charge in [0.1, 0.15) is 23.5 Å². The van der Waals surface area contributed by atoms with Crippen molar-refractivity contribution < 1.29 is 28.3 Å². The van der Waals surface area contributed by atoms with Gasteiger partial charge in [-0.1, -0.05) is 6.07 Å². The summed E-state index contributed by atoms with van der Waals surface area (Å²) in [6.45, 7) is 8.01. The SMILES string of the molecule is CC(C)Oc1cc2c(cc1NC(=O)c1cnn3cccnc13)CN(C[C@@H](F)C1CCN(CC3CN(c4cccc5c4n(C)c(=O)n5C4CCC(=O)NC4=O)C3)CC1)C2=O. The molecule has 0 radical (unpaired) electrons. The van der Waals surface area contributed by atoms with Gasteiger partial charge in [0, 0.05) is 63.5 Å². The topological polar surface area (TPSA) is 168 Å². The fourth-order valence-electron chi connectivity index (χ4n) is 9.18. The van der Waals surface area contributed by atoms with Gasteiger partial charge in [-0.25, -0.2) is 18.7 Å². The van der Waals surface area contributed by atoms with Crippen molar-refractivity contribution in [3.63, 3.8) is 0 Å². The molecule has 5 aromatic rings. The Morgan fingerprint density at radius 1 is 1.07 bits per heavy atom. The highest BCUT2D eigenvalue weighted by Gasteiger charge is 2.37. The van der Waals surface area contributed by atoms with Crippen molar-refractivity contribution in [1.82, 2.24) is 38.8 Å². The highest BCUT2D eigenvalue weighted by atomic mass is 19.1. The molecule has 16 nitrogen and oxygen atoms in total. The zero-order valence-electron chi connectivity index (χ0n) is 33.3. The molecule has 4 aliphatic rings. The number of ether oxygens (including phenoxy) is 1. The van der Waals surface area contributed by atoms with Crippen LogP contribution in [-0.2, 0) is 23.2 Å². The molecule has 0 aliphatic carbocycles. The van der Waals surface area contributed by atoms with Gasteiger partial charge in [-0.15, -0.1) is 0 Å². The maximum Gasteiger partial charge on any atom is 0.329 e. The summed E-state index contributed by atoms with van der Waals surface area (Å²) >= 11 is 0. The van der Waals surface area contributed by atoms with Gasteiger partial charge in [0.15, 0.2) is 5.65 Å². The number of halogens is 1. The molecule has 3 saturated heterocycles. The van der Waals surface area contributed by atoms with Gasteiger partial charge in [0.2, 0.25) is 11.8 Å². The summed E-state index contributed by atoms with van der Waals surface area (Å²) in [5.41, 5.74) is 4.35. The molecule has 17 heteroatoms. The van der Waals surface area contributed by atoms with E-state index in [2.05, 4.69) is 30.5 Å². The Bertz CT molecular complexity index is 2550. The molecule has 4 aliphatic heterocycles. The van der Waals surface area contributed by atoms with Crippen LogP contribution < -0.4 is 26.0 Å². The van der Waals surface area contributed by atoms with Crippen LogP contribution >= 0.6 is 0 Å². The Hall–Kier alpha value is -6.10. The van der Waals surface area contributed by atoms with Gasteiger partial charge in [-0.2, -0.15) is 5.10 Å². The Balaban J connectivity index is 0.790. The number of piperidine rings is 2. The molecule has 1 unspecified atom stereocenters. The van der Waals surface area contributed by atoms with E-state index in [4.69, 9.17) is 4.74 Å². The lowest BCUT2D eigenvalue weighted by atomic mass is 9.90. The number of carbonyl (C=O) groups excluding carboxylic acids is 4. The van der Waals surface area contributed by atoms with Crippen molar-refractivity contribution in [3.05, 3.63) is 82.2 Å². The van der Waals surface area contributed by atoms with Crippen molar-refractivity contribution in [2.75, 3.05) is 49.5 Å². The summed E-state index contributed by atoms with van der Waals surface area (Å²) in [7, 11) is 1.72. The number of amides is 4. The standard InChI is InChI=1S/C42H47FN10O6/c1-24(2)59-35-17-28-27(16-31(35)46-39(55)29-18-45-52-13-5-12-44-38(29)52)22-51(41(28)57)23-30(43)26-10-14-49(15-11-26)19-25-20-50(21-25)32-6-4-7-33-37(32)48(3)42(58)53(33)34-8-9-36(54)47-40(34)56/h4-7,12-13,16-18,24-26,30,34H,8-11,14-15,19-23H2,1-3H3,(H,46,55)(H,47,54,56)/t30-,34?/m1/s1. The minimum Gasteiger partial charge on any atom is -0.489 e. The second kappa shape index (κ2) is 15.3. The van der Waals surface area contributed by atoms with E-state index in [1.54, 1.807) is 47.1 Å². The Morgan fingerprint density at radius 2 is 1.86 bits per heavy atom. The van der Waals surface area contributed by atoms with Gasteiger partial charge in [-0.05, 0) is 88.0 Å². The first kappa shape index (κ1) is 38.4. The molecule has 3 aromatic heterocycles. The number of imide groups is 1. The lowest BCUT2D eigenvalue weighted by molar-refractivity contribution is -0.135. The van der Waals surface area contributed by atoms with Crippen LogP contribution in [0.4, 0.5) is 15.8 Å². The number of aromatic nitrogens is 5. The minimum atomic E-state index is -1.18. The summed E-state index contributed by atoms with van der Waals surface area (Å²) in [5.74, 6) is -0.838. The van der Waals surface area contributed by atoms with E-state index in [-0.39, 0.29) is 55.5 Å². The van der Waals surface area contributed by atoms with Crippen LogP contribution in [0.1, 0.15) is 71.9 Å². The quantitative estimate of drug-likeness (QED) is 0.189. The normalized spacial score (nSPS) is 19.7. The van der Waals surface area contributed by atoms with E-state index in [0.717, 1.165) is 43.9 Å². The number of benzene rings is 2. The number of likely N-dealkylation sites (tertiary alicyclic amines) is 1. The molecule has 0 spiro atoms. The molecule has 308 valence electrons. The number of imidazole rings is 1. The molecular formula is C42H47FN10O6. The first-order chi connectivity index (χ1) is 28.4. The lowest BCUT2D eigenvalue weighted by Crippen LogP contribution is -2.53. The lowest BCUT2D eigenvalue weighted by Gasteiger charge is -2.44. The van der Waals surface area contributed by atoms with E-state index in [1.165, 1.54) is 15.3 Å². The predicted molar refractivity (Wildman–Crippen MR) is 216 cm³/mol. The number of carbonyl (C=O) groups is 4. The predicted octanol–water partition coefficient (Wildman–Crippen LogP) is 3.54. The molecule has 0 saturated carbocycles. The van der Waals surface area contributed by atoms with E-state index in [0.29, 0.717) is 58.1 Å². The van der Waals surface area contributed by atoms with E-state index in [1.807, 2.05) is 32.0 Å². The first-order valence-electron chi connectivity index (χ1n) is 20.3. The van der Waals surface area contributed by atoms with Gasteiger partial charge in [0.05, 0.1) is 41.3 Å². The van der Waals surface area contributed by atoms with Gasteiger partial charge in [-0.3, -0.25) is 33.6 Å². The number of para-hydroxylation sites is 1. The third-order valence-corrected chi connectivity index (χ3v) is 12.2. The third kappa shape index (κ3) is 7.10. The average Bonchev–Trinajstić information content (AvgIpc) is 3.84. The summed E-state index contributed by atoms with van der Waals surface area (Å²) in [5, 5.41) is 9.50. The molecule has 3 fully saturated rings. The number of nitrogens with zero attached hydrogens (tertiary/aromatic N) is 8. The third-order valence-electron chi connectivity index (χ3n) is 12.2. The number of anilines is 2. The second-order valence-corrected chi connectivity index (χ2v) is 16.5. The maximum atomic E-state index is 16.0. The zero-order valence-corrected chi connectivity index (χ0v) is 33.3. The van der Waals surface area contributed by atoms with E-state index < -0.39 is 24.0 Å². The fraction of sp³-hybridized carbons (Fsp3) is 0.452. The van der Waals surface area contributed by atoms with Crippen LogP contribution in [0.15, 0.2) is 59.8 Å². The number of hydrogen-bond donors (Lipinski definition) is 2. The van der Waals surface area contributed by atoms with Gasteiger partial charge in [0.25, 0.3) is 11.8 Å². The van der Waals surface area contributed by atoms with Crippen LogP contribution in [-0.4, -0.2) is 109 Å². The summed E-state index contributed by atoms with van der Waals surface area (Å²) in [4.78, 5) is 75.3. The molecule has 7 heterocycles. The van der Waals surface area contributed by atoms with E-state index in [9.17, 15) is 24.0 Å². The highest BCUT2D eigenvalue weighted by Crippen LogP contribution is 2.37. The van der Waals surface area contributed by atoms with Gasteiger partial charge >= 0.3 is 5.69 Å².